The van der Waals surface area contributed by atoms with Gasteiger partial charge in [0.05, 0.1) is 13.5 Å². The second-order valence-electron chi connectivity index (χ2n) is 5.05. The van der Waals surface area contributed by atoms with Gasteiger partial charge in [-0.15, -0.1) is 12.4 Å². The molecule has 4 nitrogen and oxygen atoms in total. The van der Waals surface area contributed by atoms with Gasteiger partial charge in [0, 0.05) is 32.2 Å². The molecule has 1 aromatic carbocycles. The van der Waals surface area contributed by atoms with Crippen LogP contribution in [0.25, 0.3) is 0 Å². The van der Waals surface area contributed by atoms with Crippen molar-refractivity contribution in [3.05, 3.63) is 23.8 Å². The van der Waals surface area contributed by atoms with Crippen LogP contribution in [0.2, 0.25) is 0 Å². The summed E-state index contributed by atoms with van der Waals surface area (Å²) in [5, 5.41) is 12.7. The standard InChI is InChI=1S/C14H19F3N2O2.ClH/c1-21-13-8-10(2-3-12(13)20)11(9-14(15,16)17)19-6-4-18-5-7-19;/h2-3,8,11,18,20H,4-7,9H2,1H3;1H/t11-;/m0./s1. The smallest absolute Gasteiger partial charge is 0.390 e. The fourth-order valence-electron chi connectivity index (χ4n) is 2.57. The minimum absolute atomic E-state index is 0. The molecular weight excluding hydrogens is 321 g/mol. The minimum Gasteiger partial charge on any atom is -0.504 e. The molecule has 22 heavy (non-hydrogen) atoms. The number of hydrogen-bond acceptors (Lipinski definition) is 4. The molecule has 0 spiro atoms. The summed E-state index contributed by atoms with van der Waals surface area (Å²) in [4.78, 5) is 1.82. The van der Waals surface area contributed by atoms with E-state index in [1.807, 2.05) is 4.90 Å². The van der Waals surface area contributed by atoms with E-state index in [-0.39, 0.29) is 23.9 Å². The molecule has 1 atom stereocenters. The van der Waals surface area contributed by atoms with Gasteiger partial charge in [-0.25, -0.2) is 0 Å². The van der Waals surface area contributed by atoms with Gasteiger partial charge in [0.2, 0.25) is 0 Å². The average Bonchev–Trinajstić information content (AvgIpc) is 2.45. The molecule has 126 valence electrons. The number of phenols is 1. The number of nitrogens with zero attached hydrogens (tertiary/aromatic N) is 1. The van der Waals surface area contributed by atoms with Crippen molar-refractivity contribution in [1.82, 2.24) is 10.2 Å². The van der Waals surface area contributed by atoms with Gasteiger partial charge in [-0.3, -0.25) is 4.90 Å². The van der Waals surface area contributed by atoms with E-state index in [0.29, 0.717) is 31.7 Å². The summed E-state index contributed by atoms with van der Waals surface area (Å²) < 4.78 is 43.6. The Morgan fingerprint density at radius 1 is 1.32 bits per heavy atom. The molecule has 0 aliphatic carbocycles. The van der Waals surface area contributed by atoms with Crippen LogP contribution in [0, 0.1) is 0 Å². The highest BCUT2D eigenvalue weighted by molar-refractivity contribution is 5.85. The third kappa shape index (κ3) is 4.93. The zero-order chi connectivity index (χ0) is 15.5. The predicted octanol–water partition coefficient (Wildman–Crippen LogP) is 2.72. The number of methoxy groups -OCH3 is 1. The van der Waals surface area contributed by atoms with E-state index in [9.17, 15) is 18.3 Å². The summed E-state index contributed by atoms with van der Waals surface area (Å²) in [7, 11) is 1.38. The van der Waals surface area contributed by atoms with Crippen LogP contribution >= 0.6 is 12.4 Å². The molecule has 0 saturated carbocycles. The van der Waals surface area contributed by atoms with Crippen LogP contribution in [0.5, 0.6) is 11.5 Å². The number of piperazine rings is 1. The molecule has 1 saturated heterocycles. The summed E-state index contributed by atoms with van der Waals surface area (Å²) in [5.41, 5.74) is 0.504. The molecule has 0 bridgehead atoms. The number of benzene rings is 1. The van der Waals surface area contributed by atoms with Crippen LogP contribution in [0.1, 0.15) is 18.0 Å². The van der Waals surface area contributed by atoms with E-state index in [4.69, 9.17) is 4.74 Å². The average molecular weight is 341 g/mol. The van der Waals surface area contributed by atoms with Gasteiger partial charge in [-0.2, -0.15) is 13.2 Å². The van der Waals surface area contributed by atoms with Crippen LogP contribution < -0.4 is 10.1 Å². The summed E-state index contributed by atoms with van der Waals surface area (Å²) >= 11 is 0. The molecule has 2 N–H and O–H groups in total. The number of halogens is 4. The van der Waals surface area contributed by atoms with Crippen LogP contribution in [0.4, 0.5) is 13.2 Å². The number of hydrogen-bond donors (Lipinski definition) is 2. The summed E-state index contributed by atoms with van der Waals surface area (Å²) in [6.45, 7) is 2.46. The quantitative estimate of drug-likeness (QED) is 0.884. The lowest BCUT2D eigenvalue weighted by Crippen LogP contribution is -2.46. The SMILES string of the molecule is COc1cc([C@H](CC(F)(F)F)N2CCNCC2)ccc1O.Cl. The lowest BCUT2D eigenvalue weighted by atomic mass is 10.00. The van der Waals surface area contributed by atoms with Gasteiger partial charge in [0.25, 0.3) is 0 Å². The molecular formula is C14H20ClF3N2O2. The van der Waals surface area contributed by atoms with Crippen molar-refractivity contribution in [3.8, 4) is 11.5 Å². The van der Waals surface area contributed by atoms with Crippen molar-refractivity contribution < 1.29 is 23.0 Å². The van der Waals surface area contributed by atoms with Gasteiger partial charge >= 0.3 is 6.18 Å². The maximum atomic E-state index is 12.9. The van der Waals surface area contributed by atoms with Crippen molar-refractivity contribution in [2.24, 2.45) is 0 Å². The Labute approximate surface area is 133 Å². The largest absolute Gasteiger partial charge is 0.504 e. The molecule has 2 rings (SSSR count). The summed E-state index contributed by atoms with van der Waals surface area (Å²) in [6.07, 6.45) is -5.17. The molecule has 1 aliphatic rings. The topological polar surface area (TPSA) is 44.7 Å². The highest BCUT2D eigenvalue weighted by atomic mass is 35.5. The number of alkyl halides is 3. The van der Waals surface area contributed by atoms with E-state index in [0.717, 1.165) is 0 Å². The van der Waals surface area contributed by atoms with Gasteiger partial charge < -0.3 is 15.2 Å². The van der Waals surface area contributed by atoms with Crippen molar-refractivity contribution >= 4 is 12.4 Å². The second kappa shape index (κ2) is 7.89. The first-order valence-corrected chi connectivity index (χ1v) is 6.79. The van der Waals surface area contributed by atoms with E-state index in [1.165, 1.54) is 25.3 Å². The zero-order valence-corrected chi connectivity index (χ0v) is 13.0. The third-order valence-electron chi connectivity index (χ3n) is 3.61. The predicted molar refractivity (Wildman–Crippen MR) is 79.8 cm³/mol. The molecule has 0 radical (unpaired) electrons. The maximum Gasteiger partial charge on any atom is 0.390 e. The van der Waals surface area contributed by atoms with Crippen molar-refractivity contribution in [2.75, 3.05) is 33.3 Å². The third-order valence-corrected chi connectivity index (χ3v) is 3.61. The fraction of sp³-hybridized carbons (Fsp3) is 0.571. The van der Waals surface area contributed by atoms with Crippen molar-refractivity contribution in [1.29, 1.82) is 0 Å². The molecule has 1 aliphatic heterocycles. The number of aromatic hydroxyl groups is 1. The van der Waals surface area contributed by atoms with Crippen molar-refractivity contribution in [3.63, 3.8) is 0 Å². The zero-order valence-electron chi connectivity index (χ0n) is 12.2. The number of nitrogens with one attached hydrogen (secondary N) is 1. The first kappa shape index (κ1) is 18.9. The number of ether oxygens (including phenoxy) is 1. The Balaban J connectivity index is 0.00000242. The van der Waals surface area contributed by atoms with Gasteiger partial charge in [0.15, 0.2) is 11.5 Å². The Kier molecular flexibility index (Phi) is 6.77. The Morgan fingerprint density at radius 3 is 2.50 bits per heavy atom. The number of phenolic OH excluding ortho intramolecular Hbond substituents is 1. The van der Waals surface area contributed by atoms with E-state index < -0.39 is 18.6 Å². The molecule has 1 aromatic rings. The monoisotopic (exact) mass is 340 g/mol. The summed E-state index contributed by atoms with van der Waals surface area (Å²) in [6, 6.07) is 3.62. The first-order chi connectivity index (χ1) is 9.90. The van der Waals surface area contributed by atoms with Gasteiger partial charge in [-0.1, -0.05) is 6.07 Å². The fourth-order valence-corrected chi connectivity index (χ4v) is 2.57. The minimum atomic E-state index is -4.25. The highest BCUT2D eigenvalue weighted by Gasteiger charge is 2.36. The van der Waals surface area contributed by atoms with E-state index in [2.05, 4.69) is 5.32 Å². The van der Waals surface area contributed by atoms with Crippen molar-refractivity contribution in [2.45, 2.75) is 18.6 Å². The molecule has 0 unspecified atom stereocenters. The Bertz CT molecular complexity index is 480. The molecule has 8 heteroatoms. The lowest BCUT2D eigenvalue weighted by Gasteiger charge is -2.35. The second-order valence-corrected chi connectivity index (χ2v) is 5.05. The first-order valence-electron chi connectivity index (χ1n) is 6.79. The van der Waals surface area contributed by atoms with Crippen LogP contribution in [0.3, 0.4) is 0 Å². The highest BCUT2D eigenvalue weighted by Crippen LogP contribution is 2.37. The normalized spacial score (nSPS) is 17.6. The Hall–Kier alpha value is -1.18. The van der Waals surface area contributed by atoms with E-state index >= 15 is 0 Å². The Morgan fingerprint density at radius 2 is 1.95 bits per heavy atom. The summed E-state index contributed by atoms with van der Waals surface area (Å²) in [5.74, 6) is 0.113. The molecule has 0 aromatic heterocycles. The lowest BCUT2D eigenvalue weighted by molar-refractivity contribution is -0.148. The van der Waals surface area contributed by atoms with Crippen LogP contribution in [-0.4, -0.2) is 49.5 Å². The van der Waals surface area contributed by atoms with E-state index in [1.54, 1.807) is 0 Å². The van der Waals surface area contributed by atoms with Gasteiger partial charge in [0.1, 0.15) is 0 Å². The van der Waals surface area contributed by atoms with Crippen LogP contribution in [-0.2, 0) is 0 Å². The molecule has 0 amide bonds. The molecule has 1 heterocycles. The van der Waals surface area contributed by atoms with Crippen LogP contribution in [0.15, 0.2) is 18.2 Å². The maximum absolute atomic E-state index is 12.9. The molecule has 1 fully saturated rings. The number of rotatable bonds is 4. The van der Waals surface area contributed by atoms with Gasteiger partial charge in [-0.05, 0) is 17.7 Å².